The third-order valence-corrected chi connectivity index (χ3v) is 3.41. The lowest BCUT2D eigenvalue weighted by molar-refractivity contribution is 0.417. The van der Waals surface area contributed by atoms with Crippen LogP contribution in [0.15, 0.2) is 45.3 Å². The summed E-state index contributed by atoms with van der Waals surface area (Å²) < 4.78 is 6.58. The molecule has 1 atom stereocenters. The summed E-state index contributed by atoms with van der Waals surface area (Å²) in [5.74, 6) is 0.877. The molecule has 1 aromatic heterocycles. The van der Waals surface area contributed by atoms with Gasteiger partial charge in [0.1, 0.15) is 5.76 Å². The van der Waals surface area contributed by atoms with E-state index in [9.17, 15) is 0 Å². The minimum absolute atomic E-state index is 0.150. The van der Waals surface area contributed by atoms with Gasteiger partial charge in [-0.3, -0.25) is 0 Å². The molecule has 1 unspecified atom stereocenters. The monoisotopic (exact) mass is 327 g/mol. The SMILES string of the molecule is CCNC(Cc1cccc(Br)c1)c1ccc(Cl)o1. The van der Waals surface area contributed by atoms with E-state index in [2.05, 4.69) is 40.3 Å². The maximum Gasteiger partial charge on any atom is 0.193 e. The van der Waals surface area contributed by atoms with Gasteiger partial charge in [-0.2, -0.15) is 0 Å². The quantitative estimate of drug-likeness (QED) is 0.868. The highest BCUT2D eigenvalue weighted by Gasteiger charge is 2.15. The first-order valence-electron chi connectivity index (χ1n) is 5.92. The van der Waals surface area contributed by atoms with Crippen molar-refractivity contribution in [3.63, 3.8) is 0 Å². The molecule has 0 aliphatic heterocycles. The van der Waals surface area contributed by atoms with E-state index >= 15 is 0 Å². The molecule has 0 aliphatic rings. The zero-order valence-electron chi connectivity index (χ0n) is 10.1. The molecular weight excluding hydrogens is 314 g/mol. The first-order valence-corrected chi connectivity index (χ1v) is 7.09. The predicted octanol–water partition coefficient (Wildman–Crippen LogP) is 4.59. The van der Waals surface area contributed by atoms with E-state index in [-0.39, 0.29) is 6.04 Å². The van der Waals surface area contributed by atoms with Gasteiger partial charge in [-0.15, -0.1) is 0 Å². The summed E-state index contributed by atoms with van der Waals surface area (Å²) in [6.07, 6.45) is 0.872. The number of nitrogens with one attached hydrogen (secondary N) is 1. The Balaban J connectivity index is 2.16. The van der Waals surface area contributed by atoms with Crippen molar-refractivity contribution in [2.24, 2.45) is 0 Å². The van der Waals surface area contributed by atoms with Crippen molar-refractivity contribution in [2.45, 2.75) is 19.4 Å². The Kier molecular flexibility index (Phi) is 4.87. The zero-order chi connectivity index (χ0) is 13.0. The molecule has 2 aromatic rings. The Morgan fingerprint density at radius 1 is 1.33 bits per heavy atom. The van der Waals surface area contributed by atoms with E-state index in [4.69, 9.17) is 16.0 Å². The summed E-state index contributed by atoms with van der Waals surface area (Å²) in [6, 6.07) is 12.1. The molecule has 0 radical (unpaired) electrons. The van der Waals surface area contributed by atoms with E-state index in [1.54, 1.807) is 6.07 Å². The van der Waals surface area contributed by atoms with Crippen LogP contribution < -0.4 is 5.32 Å². The molecule has 2 nitrogen and oxygen atoms in total. The van der Waals surface area contributed by atoms with Gasteiger partial charge >= 0.3 is 0 Å². The lowest BCUT2D eigenvalue weighted by Crippen LogP contribution is -2.22. The van der Waals surface area contributed by atoms with Gasteiger partial charge in [0.2, 0.25) is 0 Å². The van der Waals surface area contributed by atoms with Gasteiger partial charge in [0.25, 0.3) is 0 Å². The van der Waals surface area contributed by atoms with Crippen molar-refractivity contribution in [3.8, 4) is 0 Å². The van der Waals surface area contributed by atoms with Crippen LogP contribution >= 0.6 is 27.5 Å². The first kappa shape index (κ1) is 13.7. The van der Waals surface area contributed by atoms with Gasteiger partial charge in [-0.1, -0.05) is 35.0 Å². The number of hydrogen-bond donors (Lipinski definition) is 1. The largest absolute Gasteiger partial charge is 0.448 e. The van der Waals surface area contributed by atoms with Crippen molar-refractivity contribution in [1.29, 1.82) is 0 Å². The molecular formula is C14H15BrClNO. The lowest BCUT2D eigenvalue weighted by Gasteiger charge is -2.15. The fourth-order valence-corrected chi connectivity index (χ4v) is 2.53. The van der Waals surface area contributed by atoms with Crippen molar-refractivity contribution < 1.29 is 4.42 Å². The molecule has 2 rings (SSSR count). The Hall–Kier alpha value is -0.770. The van der Waals surface area contributed by atoms with Crippen LogP contribution in [0.4, 0.5) is 0 Å². The van der Waals surface area contributed by atoms with Gasteiger partial charge in [0, 0.05) is 4.47 Å². The predicted molar refractivity (Wildman–Crippen MR) is 78.0 cm³/mol. The van der Waals surface area contributed by atoms with Crippen LogP contribution in [0.25, 0.3) is 0 Å². The van der Waals surface area contributed by atoms with Crippen molar-refractivity contribution in [3.05, 3.63) is 57.4 Å². The zero-order valence-corrected chi connectivity index (χ0v) is 12.5. The summed E-state index contributed by atoms with van der Waals surface area (Å²) in [5.41, 5.74) is 1.25. The number of hydrogen-bond acceptors (Lipinski definition) is 2. The second-order valence-corrected chi connectivity index (χ2v) is 5.37. The van der Waals surface area contributed by atoms with Crippen LogP contribution in [0, 0.1) is 0 Å². The van der Waals surface area contributed by atoms with E-state index in [1.165, 1.54) is 5.56 Å². The molecule has 0 spiro atoms. The number of furan rings is 1. The Bertz CT molecular complexity index is 512. The molecule has 1 aromatic carbocycles. The van der Waals surface area contributed by atoms with E-state index in [0.717, 1.165) is 23.2 Å². The summed E-state index contributed by atoms with van der Waals surface area (Å²) in [4.78, 5) is 0. The van der Waals surface area contributed by atoms with Gasteiger partial charge in [0.05, 0.1) is 6.04 Å². The fraction of sp³-hybridized carbons (Fsp3) is 0.286. The molecule has 0 amide bonds. The van der Waals surface area contributed by atoms with E-state index < -0.39 is 0 Å². The highest BCUT2D eigenvalue weighted by atomic mass is 79.9. The van der Waals surface area contributed by atoms with Gasteiger partial charge in [0.15, 0.2) is 5.22 Å². The minimum Gasteiger partial charge on any atom is -0.448 e. The molecule has 18 heavy (non-hydrogen) atoms. The maximum atomic E-state index is 5.83. The number of rotatable bonds is 5. The second kappa shape index (κ2) is 6.41. The number of likely N-dealkylation sites (N-methyl/N-ethyl adjacent to an activating group) is 1. The molecule has 0 saturated carbocycles. The Morgan fingerprint density at radius 2 is 2.17 bits per heavy atom. The highest BCUT2D eigenvalue weighted by Crippen LogP contribution is 2.24. The summed E-state index contributed by atoms with van der Waals surface area (Å²) >= 11 is 9.32. The Morgan fingerprint density at radius 3 is 2.78 bits per heavy atom. The first-order chi connectivity index (χ1) is 8.69. The average Bonchev–Trinajstić information content (AvgIpc) is 2.75. The highest BCUT2D eigenvalue weighted by molar-refractivity contribution is 9.10. The molecule has 1 N–H and O–H groups in total. The van der Waals surface area contributed by atoms with E-state index in [1.807, 2.05) is 18.2 Å². The normalized spacial score (nSPS) is 12.6. The van der Waals surface area contributed by atoms with Gasteiger partial charge < -0.3 is 9.73 Å². The molecule has 0 saturated heterocycles. The Labute approximate surface area is 120 Å². The van der Waals surface area contributed by atoms with Crippen LogP contribution in [0.3, 0.4) is 0 Å². The topological polar surface area (TPSA) is 25.2 Å². The van der Waals surface area contributed by atoms with Crippen LogP contribution in [0.2, 0.25) is 5.22 Å². The van der Waals surface area contributed by atoms with Crippen molar-refractivity contribution in [2.75, 3.05) is 6.54 Å². The van der Waals surface area contributed by atoms with Crippen molar-refractivity contribution in [1.82, 2.24) is 5.32 Å². The molecule has 96 valence electrons. The molecule has 0 aliphatic carbocycles. The third kappa shape index (κ3) is 3.61. The lowest BCUT2D eigenvalue weighted by atomic mass is 10.0. The molecule has 4 heteroatoms. The summed E-state index contributed by atoms with van der Waals surface area (Å²) in [7, 11) is 0. The van der Waals surface area contributed by atoms with Gasteiger partial charge in [-0.05, 0) is 54.4 Å². The fourth-order valence-electron chi connectivity index (χ4n) is 1.93. The van der Waals surface area contributed by atoms with Crippen LogP contribution in [-0.2, 0) is 6.42 Å². The smallest absolute Gasteiger partial charge is 0.193 e. The number of halogens is 2. The van der Waals surface area contributed by atoms with Crippen LogP contribution in [0.5, 0.6) is 0 Å². The molecule has 1 heterocycles. The van der Waals surface area contributed by atoms with Crippen molar-refractivity contribution >= 4 is 27.5 Å². The number of benzene rings is 1. The second-order valence-electron chi connectivity index (χ2n) is 4.09. The van der Waals surface area contributed by atoms with Crippen LogP contribution in [0.1, 0.15) is 24.3 Å². The summed E-state index contributed by atoms with van der Waals surface area (Å²) in [5, 5.41) is 3.85. The average molecular weight is 329 g/mol. The molecule has 0 bridgehead atoms. The third-order valence-electron chi connectivity index (χ3n) is 2.72. The van der Waals surface area contributed by atoms with Crippen LogP contribution in [-0.4, -0.2) is 6.54 Å². The standard InChI is InChI=1S/C14H15BrClNO/c1-2-17-12(13-6-7-14(16)18-13)9-10-4-3-5-11(15)8-10/h3-8,12,17H,2,9H2,1H3. The molecule has 0 fully saturated rings. The van der Waals surface area contributed by atoms with E-state index in [0.29, 0.717) is 5.22 Å². The minimum atomic E-state index is 0.150. The maximum absolute atomic E-state index is 5.83. The summed E-state index contributed by atoms with van der Waals surface area (Å²) in [6.45, 7) is 2.97. The van der Waals surface area contributed by atoms with Gasteiger partial charge in [-0.25, -0.2) is 0 Å².